The van der Waals surface area contributed by atoms with Crippen molar-refractivity contribution in [2.24, 2.45) is 11.8 Å². The highest BCUT2D eigenvalue weighted by Gasteiger charge is 2.36. The number of likely N-dealkylation sites (tertiary alicyclic amines) is 1. The van der Waals surface area contributed by atoms with Crippen LogP contribution in [-0.4, -0.2) is 28.5 Å². The number of carbonyl (C=O) groups excluding carboxylic acids is 1. The Morgan fingerprint density at radius 1 is 1.08 bits per heavy atom. The molecule has 1 saturated carbocycles. The van der Waals surface area contributed by atoms with Gasteiger partial charge < -0.3 is 9.47 Å². The van der Waals surface area contributed by atoms with Crippen molar-refractivity contribution in [1.29, 1.82) is 0 Å². The van der Waals surface area contributed by atoms with Gasteiger partial charge >= 0.3 is 0 Å². The van der Waals surface area contributed by atoms with E-state index in [1.54, 1.807) is 6.07 Å². The first-order valence-electron chi connectivity index (χ1n) is 9.68. The topological polar surface area (TPSA) is 42.3 Å². The largest absolute Gasteiger partial charge is 0.342 e. The van der Waals surface area contributed by atoms with Gasteiger partial charge in [-0.2, -0.15) is 0 Å². The minimum atomic E-state index is 0.110. The second kappa shape index (κ2) is 6.73. The van der Waals surface area contributed by atoms with E-state index in [0.717, 1.165) is 44.1 Å². The molecule has 4 rings (SSSR count). The van der Waals surface area contributed by atoms with Gasteiger partial charge in [0.2, 0.25) is 5.91 Å². The summed E-state index contributed by atoms with van der Waals surface area (Å²) in [6.45, 7) is 2.40. The molecule has 4 heteroatoms. The number of piperidine rings is 1. The SMILES string of the molecule is O=C(CCC1CCCCC1)N1CC2CC(C1)c1cccc(=O)n1C2. The second-order valence-electron chi connectivity index (χ2n) is 8.04. The van der Waals surface area contributed by atoms with E-state index < -0.39 is 0 Å². The molecule has 0 aromatic carbocycles. The summed E-state index contributed by atoms with van der Waals surface area (Å²) in [5, 5.41) is 0. The summed E-state index contributed by atoms with van der Waals surface area (Å²) >= 11 is 0. The summed E-state index contributed by atoms with van der Waals surface area (Å²) in [5.41, 5.74) is 1.24. The minimum Gasteiger partial charge on any atom is -0.342 e. The monoisotopic (exact) mass is 328 g/mol. The summed E-state index contributed by atoms with van der Waals surface area (Å²) in [6, 6.07) is 5.58. The molecule has 2 unspecified atom stereocenters. The normalized spacial score (nSPS) is 26.9. The third-order valence-electron chi connectivity index (χ3n) is 6.32. The van der Waals surface area contributed by atoms with Crippen molar-refractivity contribution in [2.45, 2.75) is 63.8 Å². The molecule has 130 valence electrons. The third kappa shape index (κ3) is 3.15. The van der Waals surface area contributed by atoms with Gasteiger partial charge in [0.1, 0.15) is 0 Å². The van der Waals surface area contributed by atoms with Crippen LogP contribution in [0.3, 0.4) is 0 Å². The number of hydrogen-bond donors (Lipinski definition) is 0. The second-order valence-corrected chi connectivity index (χ2v) is 8.04. The van der Waals surface area contributed by atoms with Gasteiger partial charge in [-0.05, 0) is 30.7 Å². The zero-order chi connectivity index (χ0) is 16.5. The van der Waals surface area contributed by atoms with Crippen molar-refractivity contribution in [3.63, 3.8) is 0 Å². The molecule has 0 N–H and O–H groups in total. The van der Waals surface area contributed by atoms with E-state index in [1.165, 1.54) is 32.1 Å². The fraction of sp³-hybridized carbons (Fsp3) is 0.700. The molecule has 4 nitrogen and oxygen atoms in total. The molecule has 1 aromatic heterocycles. The van der Waals surface area contributed by atoms with E-state index in [-0.39, 0.29) is 5.56 Å². The van der Waals surface area contributed by atoms with Crippen LogP contribution in [0.25, 0.3) is 0 Å². The molecule has 2 atom stereocenters. The minimum absolute atomic E-state index is 0.110. The van der Waals surface area contributed by atoms with Crippen molar-refractivity contribution in [1.82, 2.24) is 9.47 Å². The average Bonchev–Trinajstić information content (AvgIpc) is 2.61. The third-order valence-corrected chi connectivity index (χ3v) is 6.32. The smallest absolute Gasteiger partial charge is 0.250 e. The van der Waals surface area contributed by atoms with Gasteiger partial charge in [-0.15, -0.1) is 0 Å². The van der Waals surface area contributed by atoms with Crippen LogP contribution in [0.1, 0.15) is 63.0 Å². The number of hydrogen-bond acceptors (Lipinski definition) is 2. The Labute approximate surface area is 143 Å². The van der Waals surface area contributed by atoms with Gasteiger partial charge in [0.05, 0.1) is 0 Å². The fourth-order valence-electron chi connectivity index (χ4n) is 5.06. The Morgan fingerprint density at radius 2 is 1.92 bits per heavy atom. The van der Waals surface area contributed by atoms with Crippen LogP contribution in [0.2, 0.25) is 0 Å². The number of rotatable bonds is 3. The van der Waals surface area contributed by atoms with Crippen LogP contribution in [0.5, 0.6) is 0 Å². The van der Waals surface area contributed by atoms with Crippen molar-refractivity contribution in [2.75, 3.05) is 13.1 Å². The molecule has 0 spiro atoms. The lowest BCUT2D eigenvalue weighted by molar-refractivity contribution is -0.134. The van der Waals surface area contributed by atoms with E-state index in [2.05, 4.69) is 11.0 Å². The highest BCUT2D eigenvalue weighted by atomic mass is 16.2. The lowest BCUT2D eigenvalue weighted by Crippen LogP contribution is -2.49. The summed E-state index contributed by atoms with van der Waals surface area (Å²) in [7, 11) is 0. The van der Waals surface area contributed by atoms with Crippen LogP contribution >= 0.6 is 0 Å². The predicted molar refractivity (Wildman–Crippen MR) is 93.9 cm³/mol. The zero-order valence-corrected chi connectivity index (χ0v) is 14.5. The fourth-order valence-corrected chi connectivity index (χ4v) is 5.06. The van der Waals surface area contributed by atoms with Crippen LogP contribution in [-0.2, 0) is 11.3 Å². The average molecular weight is 328 g/mol. The Kier molecular flexibility index (Phi) is 4.47. The molecule has 2 bridgehead atoms. The van der Waals surface area contributed by atoms with Gasteiger partial charge in [0.15, 0.2) is 0 Å². The van der Waals surface area contributed by atoms with Crippen LogP contribution in [0, 0.1) is 11.8 Å². The van der Waals surface area contributed by atoms with Gasteiger partial charge in [0.25, 0.3) is 5.56 Å². The maximum atomic E-state index is 12.7. The van der Waals surface area contributed by atoms with Crippen molar-refractivity contribution >= 4 is 5.91 Å². The standard InChI is InChI=1S/C20H28N2O2/c23-19(10-9-15-5-2-1-3-6-15)21-12-16-11-17(14-21)18-7-4-8-20(24)22(18)13-16/h4,7-8,15-17H,1-3,5-6,9-14H2. The number of amides is 1. The summed E-state index contributed by atoms with van der Waals surface area (Å²) in [6.07, 6.45) is 9.60. The molecule has 0 radical (unpaired) electrons. The molecule has 1 aliphatic carbocycles. The Morgan fingerprint density at radius 3 is 2.75 bits per heavy atom. The molecule has 24 heavy (non-hydrogen) atoms. The number of fused-ring (bicyclic) bond motifs is 4. The number of aromatic nitrogens is 1. The van der Waals surface area contributed by atoms with E-state index >= 15 is 0 Å². The summed E-state index contributed by atoms with van der Waals surface area (Å²) < 4.78 is 1.93. The molecular formula is C20H28N2O2. The molecule has 1 saturated heterocycles. The molecular weight excluding hydrogens is 300 g/mol. The van der Waals surface area contributed by atoms with Crippen LogP contribution in [0.15, 0.2) is 23.0 Å². The van der Waals surface area contributed by atoms with E-state index in [1.807, 2.05) is 10.6 Å². The maximum absolute atomic E-state index is 12.7. The van der Waals surface area contributed by atoms with Crippen LogP contribution in [0.4, 0.5) is 0 Å². The molecule has 1 aromatic rings. The van der Waals surface area contributed by atoms with E-state index in [4.69, 9.17) is 0 Å². The van der Waals surface area contributed by atoms with E-state index in [0.29, 0.717) is 24.2 Å². The predicted octanol–water partition coefficient (Wildman–Crippen LogP) is 3.15. The van der Waals surface area contributed by atoms with Gasteiger partial charge in [-0.25, -0.2) is 0 Å². The number of pyridine rings is 1. The number of nitrogens with zero attached hydrogens (tertiary/aromatic N) is 2. The summed E-state index contributed by atoms with van der Waals surface area (Å²) in [4.78, 5) is 26.9. The van der Waals surface area contributed by atoms with Gasteiger partial charge in [0, 0.05) is 43.7 Å². The maximum Gasteiger partial charge on any atom is 0.250 e. The highest BCUT2D eigenvalue weighted by Crippen LogP contribution is 2.35. The van der Waals surface area contributed by atoms with Crippen molar-refractivity contribution < 1.29 is 4.79 Å². The molecule has 3 aliphatic rings. The number of carbonyl (C=O) groups is 1. The quantitative estimate of drug-likeness (QED) is 0.855. The van der Waals surface area contributed by atoms with Crippen molar-refractivity contribution in [3.05, 3.63) is 34.2 Å². The first kappa shape index (κ1) is 15.9. The first-order chi connectivity index (χ1) is 11.7. The molecule has 1 amide bonds. The molecule has 2 aliphatic heterocycles. The lowest BCUT2D eigenvalue weighted by Gasteiger charge is -2.43. The Balaban J connectivity index is 1.40. The molecule has 3 heterocycles. The Hall–Kier alpha value is -1.58. The lowest BCUT2D eigenvalue weighted by atomic mass is 9.82. The van der Waals surface area contributed by atoms with Gasteiger partial charge in [-0.3, -0.25) is 9.59 Å². The zero-order valence-electron chi connectivity index (χ0n) is 14.5. The van der Waals surface area contributed by atoms with Crippen LogP contribution < -0.4 is 5.56 Å². The molecule has 2 fully saturated rings. The first-order valence-corrected chi connectivity index (χ1v) is 9.68. The Bertz CT molecular complexity index is 660. The van der Waals surface area contributed by atoms with Gasteiger partial charge in [-0.1, -0.05) is 38.2 Å². The van der Waals surface area contributed by atoms with E-state index in [9.17, 15) is 9.59 Å². The highest BCUT2D eigenvalue weighted by molar-refractivity contribution is 5.76. The van der Waals surface area contributed by atoms with Crippen molar-refractivity contribution in [3.8, 4) is 0 Å². The summed E-state index contributed by atoms with van der Waals surface area (Å²) in [5.74, 6) is 1.88.